The number of anilines is 1. The van der Waals surface area contributed by atoms with Crippen LogP contribution in [-0.4, -0.2) is 26.2 Å². The number of carbonyl (C=O) groups is 1. The lowest BCUT2D eigenvalue weighted by atomic mass is 9.93. The Morgan fingerprint density at radius 1 is 1.41 bits per heavy atom. The van der Waals surface area contributed by atoms with E-state index in [-0.39, 0.29) is 5.97 Å². The molecule has 0 amide bonds. The van der Waals surface area contributed by atoms with Gasteiger partial charge in [0.1, 0.15) is 0 Å². The molecule has 0 aliphatic carbocycles. The van der Waals surface area contributed by atoms with Crippen molar-refractivity contribution < 1.29 is 9.53 Å². The molecule has 0 fully saturated rings. The fourth-order valence-electron chi connectivity index (χ4n) is 2.39. The number of hydrogen-bond donors (Lipinski definition) is 0. The molecule has 0 atom stereocenters. The predicted molar refractivity (Wildman–Crippen MR) is 68.2 cm³/mol. The summed E-state index contributed by atoms with van der Waals surface area (Å²) < 4.78 is 4.85. The minimum Gasteiger partial charge on any atom is -0.469 e. The first kappa shape index (κ1) is 12.0. The molecule has 3 heteroatoms. The summed E-state index contributed by atoms with van der Waals surface area (Å²) in [6, 6.07) is 8.38. The van der Waals surface area contributed by atoms with Gasteiger partial charge in [0.05, 0.1) is 12.5 Å². The quantitative estimate of drug-likeness (QED) is 0.750. The van der Waals surface area contributed by atoms with E-state index < -0.39 is 5.41 Å². The highest BCUT2D eigenvalue weighted by Crippen LogP contribution is 2.31. The molecule has 0 saturated heterocycles. The van der Waals surface area contributed by atoms with Gasteiger partial charge in [0.2, 0.25) is 0 Å². The molecular weight excluding hydrogens is 214 g/mol. The van der Waals surface area contributed by atoms with Crippen LogP contribution in [0.25, 0.3) is 0 Å². The first-order valence-corrected chi connectivity index (χ1v) is 5.96. The largest absolute Gasteiger partial charge is 0.469 e. The number of hydrogen-bond acceptors (Lipinski definition) is 3. The highest BCUT2D eigenvalue weighted by molar-refractivity contribution is 5.77. The van der Waals surface area contributed by atoms with E-state index in [0.29, 0.717) is 6.54 Å². The first-order chi connectivity index (χ1) is 8.04. The van der Waals surface area contributed by atoms with Crippen LogP contribution in [0.4, 0.5) is 5.69 Å². The zero-order valence-corrected chi connectivity index (χ0v) is 10.7. The van der Waals surface area contributed by atoms with Crippen LogP contribution < -0.4 is 4.90 Å². The van der Waals surface area contributed by atoms with Crippen LogP contribution in [0.1, 0.15) is 19.4 Å². The number of para-hydroxylation sites is 1. The van der Waals surface area contributed by atoms with E-state index in [1.165, 1.54) is 18.4 Å². The second-order valence-corrected chi connectivity index (χ2v) is 5.18. The van der Waals surface area contributed by atoms with Crippen molar-refractivity contribution in [3.8, 4) is 0 Å². The Morgan fingerprint density at radius 3 is 2.82 bits per heavy atom. The van der Waals surface area contributed by atoms with Crippen molar-refractivity contribution >= 4 is 11.7 Å². The molecule has 1 aliphatic heterocycles. The SMILES string of the molecule is COC(=O)C(C)(C)CN1CCc2ccccc21. The van der Waals surface area contributed by atoms with Gasteiger partial charge in [-0.05, 0) is 31.9 Å². The van der Waals surface area contributed by atoms with Crippen LogP contribution >= 0.6 is 0 Å². The highest BCUT2D eigenvalue weighted by atomic mass is 16.5. The van der Waals surface area contributed by atoms with E-state index in [4.69, 9.17) is 4.74 Å². The molecular formula is C14H19NO2. The van der Waals surface area contributed by atoms with Crippen molar-refractivity contribution in [1.82, 2.24) is 0 Å². The van der Waals surface area contributed by atoms with Crippen molar-refractivity contribution in [3.05, 3.63) is 29.8 Å². The predicted octanol–water partition coefficient (Wildman–Crippen LogP) is 2.25. The zero-order chi connectivity index (χ0) is 12.5. The maximum Gasteiger partial charge on any atom is 0.313 e. The Balaban J connectivity index is 2.14. The minimum atomic E-state index is -0.466. The molecule has 17 heavy (non-hydrogen) atoms. The van der Waals surface area contributed by atoms with Gasteiger partial charge in [0, 0.05) is 18.8 Å². The Bertz CT molecular complexity index is 426. The Morgan fingerprint density at radius 2 is 2.12 bits per heavy atom. The molecule has 92 valence electrons. The lowest BCUT2D eigenvalue weighted by Gasteiger charge is -2.29. The van der Waals surface area contributed by atoms with Gasteiger partial charge >= 0.3 is 5.97 Å². The normalized spacial score (nSPS) is 14.6. The van der Waals surface area contributed by atoms with Crippen LogP contribution in [0.5, 0.6) is 0 Å². The molecule has 0 unspecified atom stereocenters. The van der Waals surface area contributed by atoms with Gasteiger partial charge in [-0.3, -0.25) is 4.79 Å². The minimum absolute atomic E-state index is 0.151. The summed E-state index contributed by atoms with van der Waals surface area (Å²) in [6.07, 6.45) is 1.06. The molecule has 2 rings (SSSR count). The third-order valence-corrected chi connectivity index (χ3v) is 3.31. The van der Waals surface area contributed by atoms with Crippen molar-refractivity contribution in [2.45, 2.75) is 20.3 Å². The lowest BCUT2D eigenvalue weighted by Crippen LogP contribution is -2.39. The number of nitrogens with zero attached hydrogens (tertiary/aromatic N) is 1. The first-order valence-electron chi connectivity index (χ1n) is 5.96. The number of fused-ring (bicyclic) bond motifs is 1. The molecule has 1 aliphatic rings. The van der Waals surface area contributed by atoms with E-state index >= 15 is 0 Å². The third-order valence-electron chi connectivity index (χ3n) is 3.31. The zero-order valence-electron chi connectivity index (χ0n) is 10.7. The van der Waals surface area contributed by atoms with Crippen LogP contribution in [0.3, 0.4) is 0 Å². The summed E-state index contributed by atoms with van der Waals surface area (Å²) in [6.45, 7) is 5.55. The summed E-state index contributed by atoms with van der Waals surface area (Å²) in [7, 11) is 1.45. The summed E-state index contributed by atoms with van der Waals surface area (Å²) in [5, 5.41) is 0. The molecule has 1 heterocycles. The van der Waals surface area contributed by atoms with Crippen LogP contribution in [-0.2, 0) is 16.0 Å². The summed E-state index contributed by atoms with van der Waals surface area (Å²) in [5.41, 5.74) is 2.16. The summed E-state index contributed by atoms with van der Waals surface area (Å²) in [5.74, 6) is -0.151. The standard InChI is InChI=1S/C14H19NO2/c1-14(2,13(16)17-3)10-15-9-8-11-6-4-5-7-12(11)15/h4-7H,8-10H2,1-3H3. The average molecular weight is 233 g/mol. The van der Waals surface area contributed by atoms with Gasteiger partial charge in [-0.25, -0.2) is 0 Å². The highest BCUT2D eigenvalue weighted by Gasteiger charge is 2.33. The van der Waals surface area contributed by atoms with Crippen molar-refractivity contribution in [2.75, 3.05) is 25.1 Å². The number of methoxy groups -OCH3 is 1. The van der Waals surface area contributed by atoms with Gasteiger partial charge in [-0.2, -0.15) is 0 Å². The van der Waals surface area contributed by atoms with Crippen molar-refractivity contribution in [2.24, 2.45) is 5.41 Å². The lowest BCUT2D eigenvalue weighted by molar-refractivity contribution is -0.150. The number of benzene rings is 1. The molecule has 0 saturated carbocycles. The molecule has 3 nitrogen and oxygen atoms in total. The topological polar surface area (TPSA) is 29.5 Å². The second-order valence-electron chi connectivity index (χ2n) is 5.18. The number of rotatable bonds is 3. The van der Waals surface area contributed by atoms with Crippen molar-refractivity contribution in [3.63, 3.8) is 0 Å². The molecule has 1 aromatic carbocycles. The van der Waals surface area contributed by atoms with E-state index in [1.54, 1.807) is 0 Å². The van der Waals surface area contributed by atoms with E-state index in [1.807, 2.05) is 19.9 Å². The van der Waals surface area contributed by atoms with E-state index in [2.05, 4.69) is 23.1 Å². The van der Waals surface area contributed by atoms with Crippen LogP contribution in [0, 0.1) is 5.41 Å². The maximum atomic E-state index is 11.7. The van der Waals surface area contributed by atoms with Gasteiger partial charge in [-0.15, -0.1) is 0 Å². The summed E-state index contributed by atoms with van der Waals surface area (Å²) in [4.78, 5) is 14.0. The molecule has 0 radical (unpaired) electrons. The number of esters is 1. The molecule has 0 aromatic heterocycles. The van der Waals surface area contributed by atoms with Crippen LogP contribution in [0.2, 0.25) is 0 Å². The monoisotopic (exact) mass is 233 g/mol. The average Bonchev–Trinajstić information content (AvgIpc) is 2.71. The Kier molecular flexibility index (Phi) is 3.09. The Hall–Kier alpha value is -1.51. The fourth-order valence-corrected chi connectivity index (χ4v) is 2.39. The second kappa shape index (κ2) is 4.40. The number of carbonyl (C=O) groups excluding carboxylic acids is 1. The van der Waals surface area contributed by atoms with Gasteiger partial charge < -0.3 is 9.64 Å². The molecule has 0 N–H and O–H groups in total. The smallest absolute Gasteiger partial charge is 0.313 e. The van der Waals surface area contributed by atoms with E-state index in [9.17, 15) is 4.79 Å². The van der Waals surface area contributed by atoms with Crippen LogP contribution in [0.15, 0.2) is 24.3 Å². The fraction of sp³-hybridized carbons (Fsp3) is 0.500. The van der Waals surface area contributed by atoms with Gasteiger partial charge in [0.25, 0.3) is 0 Å². The van der Waals surface area contributed by atoms with E-state index in [0.717, 1.165) is 13.0 Å². The maximum absolute atomic E-state index is 11.7. The number of ether oxygens (including phenoxy) is 1. The van der Waals surface area contributed by atoms with Crippen molar-refractivity contribution in [1.29, 1.82) is 0 Å². The summed E-state index contributed by atoms with van der Waals surface area (Å²) >= 11 is 0. The van der Waals surface area contributed by atoms with Gasteiger partial charge in [0.15, 0.2) is 0 Å². The third kappa shape index (κ3) is 2.28. The molecule has 0 spiro atoms. The Labute approximate surface area is 102 Å². The molecule has 0 bridgehead atoms. The molecule has 1 aromatic rings. The van der Waals surface area contributed by atoms with Gasteiger partial charge in [-0.1, -0.05) is 18.2 Å².